The smallest absolute Gasteiger partial charge is 0.224 e. The molecule has 1 heterocycles. The number of hydrogen-bond donors (Lipinski definition) is 1. The van der Waals surface area contributed by atoms with Gasteiger partial charge in [-0.3, -0.25) is 9.59 Å². The number of carbonyl (C=O) groups excluding carboxylic acids is 2. The minimum atomic E-state index is -0.0298. The number of ether oxygens (including phenoxy) is 1. The lowest BCUT2D eigenvalue weighted by Gasteiger charge is -2.34. The molecule has 0 aromatic heterocycles. The highest BCUT2D eigenvalue weighted by Gasteiger charge is 2.27. The van der Waals surface area contributed by atoms with Crippen LogP contribution in [0.4, 0.5) is 5.69 Å². The molecule has 1 N–H and O–H groups in total. The van der Waals surface area contributed by atoms with Crippen molar-refractivity contribution in [3.63, 3.8) is 0 Å². The number of benzene rings is 1. The van der Waals surface area contributed by atoms with Crippen LogP contribution in [0.5, 0.6) is 5.75 Å². The largest absolute Gasteiger partial charge is 0.486 e. The fraction of sp³-hybridized carbons (Fsp3) is 0.500. The number of rotatable bonds is 5. The predicted octanol–water partition coefficient (Wildman–Crippen LogP) is 2.00. The second-order valence-electron chi connectivity index (χ2n) is 5.24. The van der Waals surface area contributed by atoms with Gasteiger partial charge in [0.05, 0.1) is 12.2 Å². The van der Waals surface area contributed by atoms with Gasteiger partial charge in [0.15, 0.2) is 5.78 Å². The average molecular weight is 290 g/mol. The van der Waals surface area contributed by atoms with Gasteiger partial charge in [0.25, 0.3) is 0 Å². The standard InChI is InChI=1S/C16H22N2O3/c1-4-13-10-18(11(2)19)14-9-12(5-6-16(14)21-13)15(20)7-8-17-3/h5-6,9,13,17H,4,7-8,10H2,1-3H3. The Morgan fingerprint density at radius 1 is 1.43 bits per heavy atom. The van der Waals surface area contributed by atoms with Gasteiger partial charge in [0.2, 0.25) is 5.91 Å². The molecule has 1 unspecified atom stereocenters. The van der Waals surface area contributed by atoms with Gasteiger partial charge in [0, 0.05) is 25.5 Å². The molecule has 1 aliphatic heterocycles. The number of nitrogens with one attached hydrogen (secondary N) is 1. The molecule has 114 valence electrons. The molecule has 0 aliphatic carbocycles. The van der Waals surface area contributed by atoms with Crippen molar-refractivity contribution in [1.29, 1.82) is 0 Å². The minimum absolute atomic E-state index is 0.00671. The Hall–Kier alpha value is -1.88. The van der Waals surface area contributed by atoms with Crippen LogP contribution in [0.1, 0.15) is 37.0 Å². The quantitative estimate of drug-likeness (QED) is 0.843. The Labute approximate surface area is 125 Å². The number of amides is 1. The molecule has 1 aromatic carbocycles. The van der Waals surface area contributed by atoms with Crippen molar-refractivity contribution in [3.8, 4) is 5.75 Å². The fourth-order valence-corrected chi connectivity index (χ4v) is 2.41. The van der Waals surface area contributed by atoms with E-state index in [0.29, 0.717) is 36.5 Å². The second-order valence-corrected chi connectivity index (χ2v) is 5.24. The summed E-state index contributed by atoms with van der Waals surface area (Å²) in [4.78, 5) is 25.7. The summed E-state index contributed by atoms with van der Waals surface area (Å²) in [6.07, 6.45) is 1.28. The molecule has 5 heteroatoms. The second kappa shape index (κ2) is 6.72. The molecule has 1 aromatic rings. The van der Waals surface area contributed by atoms with E-state index in [9.17, 15) is 9.59 Å². The van der Waals surface area contributed by atoms with E-state index in [0.717, 1.165) is 6.42 Å². The van der Waals surface area contributed by atoms with Crippen LogP contribution in [0.15, 0.2) is 18.2 Å². The Morgan fingerprint density at radius 3 is 2.81 bits per heavy atom. The monoisotopic (exact) mass is 290 g/mol. The fourth-order valence-electron chi connectivity index (χ4n) is 2.41. The van der Waals surface area contributed by atoms with E-state index in [1.54, 1.807) is 23.1 Å². The number of carbonyl (C=O) groups is 2. The maximum absolute atomic E-state index is 12.1. The van der Waals surface area contributed by atoms with Gasteiger partial charge in [-0.1, -0.05) is 6.92 Å². The molecule has 2 rings (SSSR count). The zero-order valence-electron chi connectivity index (χ0n) is 12.8. The molecule has 0 saturated heterocycles. The summed E-state index contributed by atoms with van der Waals surface area (Å²) in [6.45, 7) is 4.74. The van der Waals surface area contributed by atoms with Gasteiger partial charge in [-0.15, -0.1) is 0 Å². The summed E-state index contributed by atoms with van der Waals surface area (Å²) in [5, 5.41) is 2.96. The maximum atomic E-state index is 12.1. The first kappa shape index (κ1) is 15.5. The van der Waals surface area contributed by atoms with Gasteiger partial charge >= 0.3 is 0 Å². The predicted molar refractivity (Wildman–Crippen MR) is 82.1 cm³/mol. The molecule has 1 aliphatic rings. The van der Waals surface area contributed by atoms with Gasteiger partial charge < -0.3 is 15.0 Å². The molecule has 1 atom stereocenters. The van der Waals surface area contributed by atoms with E-state index in [2.05, 4.69) is 5.32 Å². The van der Waals surface area contributed by atoms with Crippen LogP contribution < -0.4 is 15.0 Å². The lowest BCUT2D eigenvalue weighted by Crippen LogP contribution is -2.42. The highest BCUT2D eigenvalue weighted by Crippen LogP contribution is 2.35. The van der Waals surface area contributed by atoms with Gasteiger partial charge in [-0.25, -0.2) is 0 Å². The summed E-state index contributed by atoms with van der Waals surface area (Å²) in [5.41, 5.74) is 1.32. The molecule has 0 fully saturated rings. The van der Waals surface area contributed by atoms with Crippen molar-refractivity contribution < 1.29 is 14.3 Å². The zero-order valence-corrected chi connectivity index (χ0v) is 12.8. The first-order valence-electron chi connectivity index (χ1n) is 7.33. The molecule has 1 amide bonds. The number of nitrogens with zero attached hydrogens (tertiary/aromatic N) is 1. The third-order valence-corrected chi connectivity index (χ3v) is 3.69. The van der Waals surface area contributed by atoms with Crippen molar-refractivity contribution >= 4 is 17.4 Å². The Bertz CT molecular complexity index is 542. The molecule has 0 spiro atoms. The van der Waals surface area contributed by atoms with Crippen LogP contribution in [-0.2, 0) is 4.79 Å². The Balaban J connectivity index is 2.31. The highest BCUT2D eigenvalue weighted by atomic mass is 16.5. The molecular formula is C16H22N2O3. The number of fused-ring (bicyclic) bond motifs is 1. The van der Waals surface area contributed by atoms with Crippen molar-refractivity contribution in [1.82, 2.24) is 5.32 Å². The SMILES string of the molecule is CCC1CN(C(C)=O)c2cc(C(=O)CCNC)ccc2O1. The van der Waals surface area contributed by atoms with Crippen LogP contribution in [0.2, 0.25) is 0 Å². The molecule has 5 nitrogen and oxygen atoms in total. The summed E-state index contributed by atoms with van der Waals surface area (Å²) < 4.78 is 5.86. The highest BCUT2D eigenvalue weighted by molar-refractivity contribution is 6.00. The normalized spacial score (nSPS) is 17.1. The van der Waals surface area contributed by atoms with Crippen molar-refractivity contribution in [2.75, 3.05) is 25.0 Å². The number of hydrogen-bond acceptors (Lipinski definition) is 4. The number of anilines is 1. The van der Waals surface area contributed by atoms with Gasteiger partial charge in [-0.2, -0.15) is 0 Å². The molecule has 0 saturated carbocycles. The van der Waals surface area contributed by atoms with Crippen molar-refractivity contribution in [3.05, 3.63) is 23.8 Å². The van der Waals surface area contributed by atoms with Crippen LogP contribution in [0, 0.1) is 0 Å². The summed E-state index contributed by atoms with van der Waals surface area (Å²) >= 11 is 0. The van der Waals surface area contributed by atoms with Crippen molar-refractivity contribution in [2.45, 2.75) is 32.8 Å². The first-order valence-corrected chi connectivity index (χ1v) is 7.33. The topological polar surface area (TPSA) is 58.6 Å². The Kier molecular flexibility index (Phi) is 4.96. The summed E-state index contributed by atoms with van der Waals surface area (Å²) in [7, 11) is 1.82. The van der Waals surface area contributed by atoms with Crippen molar-refractivity contribution in [2.24, 2.45) is 0 Å². The minimum Gasteiger partial charge on any atom is -0.486 e. The van der Waals surface area contributed by atoms with E-state index in [-0.39, 0.29) is 17.8 Å². The lowest BCUT2D eigenvalue weighted by atomic mass is 10.0. The summed E-state index contributed by atoms with van der Waals surface area (Å²) in [6, 6.07) is 5.33. The molecule has 21 heavy (non-hydrogen) atoms. The zero-order chi connectivity index (χ0) is 15.4. The number of ketones is 1. The van der Waals surface area contributed by atoms with Crippen LogP contribution in [0.25, 0.3) is 0 Å². The Morgan fingerprint density at radius 2 is 2.19 bits per heavy atom. The lowest BCUT2D eigenvalue weighted by molar-refractivity contribution is -0.117. The van der Waals surface area contributed by atoms with E-state index in [1.165, 1.54) is 6.92 Å². The molecule has 0 bridgehead atoms. The molecular weight excluding hydrogens is 268 g/mol. The maximum Gasteiger partial charge on any atom is 0.224 e. The van der Waals surface area contributed by atoms with Gasteiger partial charge in [-0.05, 0) is 31.7 Å². The van der Waals surface area contributed by atoms with E-state index < -0.39 is 0 Å². The third-order valence-electron chi connectivity index (χ3n) is 3.69. The first-order chi connectivity index (χ1) is 10.1. The molecule has 0 radical (unpaired) electrons. The summed E-state index contributed by atoms with van der Waals surface area (Å²) in [5.74, 6) is 0.708. The van der Waals surface area contributed by atoms with Crippen LogP contribution in [-0.4, -0.2) is 37.9 Å². The number of Topliss-reactive ketones (excluding diaryl/α,β-unsaturated/α-hetero) is 1. The van der Waals surface area contributed by atoms with Crippen LogP contribution in [0.3, 0.4) is 0 Å². The van der Waals surface area contributed by atoms with Gasteiger partial charge in [0.1, 0.15) is 11.9 Å². The average Bonchev–Trinajstić information content (AvgIpc) is 2.50. The van der Waals surface area contributed by atoms with E-state index in [1.807, 2.05) is 14.0 Å². The van der Waals surface area contributed by atoms with E-state index in [4.69, 9.17) is 4.74 Å². The van der Waals surface area contributed by atoms with Crippen LogP contribution >= 0.6 is 0 Å². The third kappa shape index (κ3) is 3.42. The van der Waals surface area contributed by atoms with E-state index >= 15 is 0 Å².